The van der Waals surface area contributed by atoms with Gasteiger partial charge < -0.3 is 15.8 Å². The lowest BCUT2D eigenvalue weighted by molar-refractivity contribution is 0.0944. The normalized spacial score (nSPS) is 22.3. The molecule has 2 rings (SSSR count). The molecule has 0 heterocycles. The van der Waals surface area contributed by atoms with Crippen LogP contribution in [0.15, 0.2) is 18.2 Å². The quantitative estimate of drug-likeness (QED) is 0.870. The Morgan fingerprint density at radius 1 is 1.47 bits per heavy atom. The Labute approximate surface area is 114 Å². The van der Waals surface area contributed by atoms with E-state index < -0.39 is 0 Å². The highest BCUT2D eigenvalue weighted by Gasteiger charge is 2.22. The summed E-state index contributed by atoms with van der Waals surface area (Å²) in [5.74, 6) is 1.06. The molecule has 4 nitrogen and oxygen atoms in total. The Bertz CT molecular complexity index is 459. The highest BCUT2D eigenvalue weighted by atomic mass is 16.5. The molecule has 0 saturated heterocycles. The zero-order valence-corrected chi connectivity index (χ0v) is 11.6. The molecule has 1 amide bonds. The Kier molecular flexibility index (Phi) is 4.43. The van der Waals surface area contributed by atoms with Gasteiger partial charge in [0.05, 0.1) is 12.7 Å². The van der Waals surface area contributed by atoms with Crippen LogP contribution in [0.2, 0.25) is 0 Å². The van der Waals surface area contributed by atoms with Crippen molar-refractivity contribution in [2.45, 2.75) is 32.2 Å². The van der Waals surface area contributed by atoms with Crippen LogP contribution < -0.4 is 15.8 Å². The smallest absolute Gasteiger partial charge is 0.255 e. The number of hydrogen-bond acceptors (Lipinski definition) is 3. The van der Waals surface area contributed by atoms with E-state index in [0.717, 1.165) is 24.8 Å². The van der Waals surface area contributed by atoms with Gasteiger partial charge in [-0.2, -0.15) is 0 Å². The highest BCUT2D eigenvalue weighted by Crippen LogP contribution is 2.24. The van der Waals surface area contributed by atoms with E-state index in [0.29, 0.717) is 29.8 Å². The van der Waals surface area contributed by atoms with Gasteiger partial charge in [0.2, 0.25) is 0 Å². The predicted molar refractivity (Wildman–Crippen MR) is 75.4 cm³/mol. The van der Waals surface area contributed by atoms with Crippen molar-refractivity contribution in [1.29, 1.82) is 0 Å². The van der Waals surface area contributed by atoms with Crippen molar-refractivity contribution in [1.82, 2.24) is 5.32 Å². The molecule has 0 bridgehead atoms. The summed E-state index contributed by atoms with van der Waals surface area (Å²) in [4.78, 5) is 12.2. The fourth-order valence-corrected chi connectivity index (χ4v) is 2.63. The lowest BCUT2D eigenvalue weighted by Gasteiger charge is -2.13. The number of benzene rings is 1. The molecule has 1 fully saturated rings. The zero-order valence-electron chi connectivity index (χ0n) is 11.6. The molecule has 1 aliphatic rings. The van der Waals surface area contributed by atoms with Crippen LogP contribution in [0.4, 0.5) is 0 Å². The van der Waals surface area contributed by atoms with E-state index in [1.54, 1.807) is 7.11 Å². The maximum Gasteiger partial charge on any atom is 0.255 e. The second kappa shape index (κ2) is 6.06. The summed E-state index contributed by atoms with van der Waals surface area (Å²) in [6.45, 7) is 2.66. The molecule has 4 heteroatoms. The average Bonchev–Trinajstić information content (AvgIpc) is 2.81. The Hall–Kier alpha value is -1.55. The first-order chi connectivity index (χ1) is 9.10. The van der Waals surface area contributed by atoms with Crippen LogP contribution >= 0.6 is 0 Å². The molecule has 1 saturated carbocycles. The molecule has 1 aromatic carbocycles. The molecular weight excluding hydrogens is 240 g/mol. The van der Waals surface area contributed by atoms with Crippen molar-refractivity contribution >= 4 is 5.91 Å². The lowest BCUT2D eigenvalue weighted by atomic mass is 10.1. The van der Waals surface area contributed by atoms with Crippen LogP contribution in [0.3, 0.4) is 0 Å². The zero-order chi connectivity index (χ0) is 13.8. The molecule has 104 valence electrons. The summed E-state index contributed by atoms with van der Waals surface area (Å²) in [5.41, 5.74) is 7.53. The molecule has 19 heavy (non-hydrogen) atoms. The Morgan fingerprint density at radius 3 is 2.89 bits per heavy atom. The van der Waals surface area contributed by atoms with Gasteiger partial charge in [0.15, 0.2) is 0 Å². The number of rotatable bonds is 4. The molecule has 0 aromatic heterocycles. The third-order valence-electron chi connectivity index (χ3n) is 3.73. The molecular formula is C15H22N2O2. The summed E-state index contributed by atoms with van der Waals surface area (Å²) in [7, 11) is 1.58. The third-order valence-corrected chi connectivity index (χ3v) is 3.73. The van der Waals surface area contributed by atoms with E-state index in [-0.39, 0.29) is 5.91 Å². The molecule has 1 aliphatic carbocycles. The Morgan fingerprint density at radius 2 is 2.26 bits per heavy atom. The second-order valence-electron chi connectivity index (χ2n) is 5.35. The van der Waals surface area contributed by atoms with E-state index >= 15 is 0 Å². The van der Waals surface area contributed by atoms with Crippen molar-refractivity contribution in [2.75, 3.05) is 13.7 Å². The summed E-state index contributed by atoms with van der Waals surface area (Å²) in [6, 6.07) is 5.92. The van der Waals surface area contributed by atoms with Crippen LogP contribution in [-0.4, -0.2) is 25.6 Å². The number of methoxy groups -OCH3 is 1. The monoisotopic (exact) mass is 262 g/mol. The van der Waals surface area contributed by atoms with E-state index in [1.165, 1.54) is 0 Å². The SMILES string of the molecule is COc1ccc(C)cc1C(=O)NCC1CCC(N)C1. The first kappa shape index (κ1) is 13.9. The van der Waals surface area contributed by atoms with Crippen LogP contribution in [0.25, 0.3) is 0 Å². The van der Waals surface area contributed by atoms with E-state index in [2.05, 4.69) is 5.32 Å². The van der Waals surface area contributed by atoms with Gasteiger partial charge in [-0.3, -0.25) is 4.79 Å². The standard InChI is InChI=1S/C15H22N2O2/c1-10-3-6-14(19-2)13(7-10)15(18)17-9-11-4-5-12(16)8-11/h3,6-7,11-12H,4-5,8-9,16H2,1-2H3,(H,17,18). The number of amides is 1. The van der Waals surface area contributed by atoms with Gasteiger partial charge in [0, 0.05) is 12.6 Å². The largest absolute Gasteiger partial charge is 0.496 e. The van der Waals surface area contributed by atoms with E-state index in [9.17, 15) is 4.79 Å². The number of ether oxygens (including phenoxy) is 1. The molecule has 1 aromatic rings. The number of nitrogens with one attached hydrogen (secondary N) is 1. The highest BCUT2D eigenvalue weighted by molar-refractivity contribution is 5.97. The molecule has 0 radical (unpaired) electrons. The number of nitrogens with two attached hydrogens (primary N) is 1. The summed E-state index contributed by atoms with van der Waals surface area (Å²) in [5, 5.41) is 2.99. The minimum atomic E-state index is -0.0685. The fourth-order valence-electron chi connectivity index (χ4n) is 2.63. The van der Waals surface area contributed by atoms with Gasteiger partial charge >= 0.3 is 0 Å². The third kappa shape index (κ3) is 3.47. The molecule has 3 N–H and O–H groups in total. The van der Waals surface area contributed by atoms with Gasteiger partial charge in [-0.1, -0.05) is 11.6 Å². The maximum absolute atomic E-state index is 12.2. The van der Waals surface area contributed by atoms with Crippen molar-refractivity contribution in [3.63, 3.8) is 0 Å². The lowest BCUT2D eigenvalue weighted by Crippen LogP contribution is -2.29. The van der Waals surface area contributed by atoms with Gasteiger partial charge in [-0.25, -0.2) is 0 Å². The first-order valence-electron chi connectivity index (χ1n) is 6.78. The molecule has 0 spiro atoms. The summed E-state index contributed by atoms with van der Waals surface area (Å²) in [6.07, 6.45) is 3.17. The molecule has 0 aliphatic heterocycles. The topological polar surface area (TPSA) is 64.3 Å². The Balaban J connectivity index is 1.97. The number of carbonyl (C=O) groups excluding carboxylic acids is 1. The number of hydrogen-bond donors (Lipinski definition) is 2. The van der Waals surface area contributed by atoms with E-state index in [4.69, 9.17) is 10.5 Å². The number of aryl methyl sites for hydroxylation is 1. The fraction of sp³-hybridized carbons (Fsp3) is 0.533. The van der Waals surface area contributed by atoms with Gasteiger partial charge in [-0.05, 0) is 44.2 Å². The minimum Gasteiger partial charge on any atom is -0.496 e. The van der Waals surface area contributed by atoms with Crippen LogP contribution in [0, 0.1) is 12.8 Å². The summed E-state index contributed by atoms with van der Waals surface area (Å²) >= 11 is 0. The van der Waals surface area contributed by atoms with Crippen molar-refractivity contribution in [3.05, 3.63) is 29.3 Å². The molecule has 2 atom stereocenters. The molecule has 2 unspecified atom stereocenters. The van der Waals surface area contributed by atoms with Crippen molar-refractivity contribution in [3.8, 4) is 5.75 Å². The average molecular weight is 262 g/mol. The van der Waals surface area contributed by atoms with Gasteiger partial charge in [-0.15, -0.1) is 0 Å². The number of carbonyl (C=O) groups is 1. The summed E-state index contributed by atoms with van der Waals surface area (Å²) < 4.78 is 5.23. The van der Waals surface area contributed by atoms with Gasteiger partial charge in [0.25, 0.3) is 5.91 Å². The maximum atomic E-state index is 12.2. The van der Waals surface area contributed by atoms with Crippen molar-refractivity contribution < 1.29 is 9.53 Å². The van der Waals surface area contributed by atoms with Crippen LogP contribution in [-0.2, 0) is 0 Å². The first-order valence-corrected chi connectivity index (χ1v) is 6.78. The van der Waals surface area contributed by atoms with Crippen molar-refractivity contribution in [2.24, 2.45) is 11.7 Å². The van der Waals surface area contributed by atoms with E-state index in [1.807, 2.05) is 25.1 Å². The predicted octanol–water partition coefficient (Wildman–Crippen LogP) is 1.86. The second-order valence-corrected chi connectivity index (χ2v) is 5.35. The van der Waals surface area contributed by atoms with Gasteiger partial charge in [0.1, 0.15) is 5.75 Å². The van der Waals surface area contributed by atoms with Crippen LogP contribution in [0.1, 0.15) is 35.2 Å². The van der Waals surface area contributed by atoms with Crippen LogP contribution in [0.5, 0.6) is 5.75 Å². The minimum absolute atomic E-state index is 0.0685.